The molecule has 0 radical (unpaired) electrons. The molecule has 32 heavy (non-hydrogen) atoms. The van der Waals surface area contributed by atoms with Gasteiger partial charge >= 0.3 is 0 Å². The van der Waals surface area contributed by atoms with Crippen LogP contribution in [0.3, 0.4) is 0 Å². The number of nitrogens with zero attached hydrogens (tertiary/aromatic N) is 2. The van der Waals surface area contributed by atoms with Crippen LogP contribution in [0, 0.1) is 11.3 Å². The molecule has 0 aliphatic rings. The van der Waals surface area contributed by atoms with Crippen LogP contribution in [-0.2, 0) is 6.42 Å². The van der Waals surface area contributed by atoms with Crippen molar-refractivity contribution in [1.82, 2.24) is 4.98 Å². The van der Waals surface area contributed by atoms with Gasteiger partial charge in [-0.05, 0) is 42.2 Å². The van der Waals surface area contributed by atoms with Crippen molar-refractivity contribution in [2.75, 3.05) is 12.3 Å². The molecule has 0 atom stereocenters. The predicted molar refractivity (Wildman–Crippen MR) is 132 cm³/mol. The number of pyridine rings is 1. The number of anilines is 1. The van der Waals surface area contributed by atoms with Gasteiger partial charge in [-0.25, -0.2) is 4.98 Å². The van der Waals surface area contributed by atoms with E-state index in [1.165, 1.54) is 37.7 Å². The first-order chi connectivity index (χ1) is 15.7. The predicted octanol–water partition coefficient (Wildman–Crippen LogP) is 7.17. The summed E-state index contributed by atoms with van der Waals surface area (Å²) < 4.78 is 5.90. The van der Waals surface area contributed by atoms with Gasteiger partial charge < -0.3 is 10.5 Å². The minimum absolute atomic E-state index is 0.253. The van der Waals surface area contributed by atoms with E-state index in [1.54, 1.807) is 0 Å². The molecule has 1 heterocycles. The molecule has 3 aromatic rings. The molecule has 166 valence electrons. The van der Waals surface area contributed by atoms with Crippen LogP contribution in [0.15, 0.2) is 54.6 Å². The zero-order valence-corrected chi connectivity index (χ0v) is 19.2. The summed E-state index contributed by atoms with van der Waals surface area (Å²) in [6.07, 6.45) is 8.45. The van der Waals surface area contributed by atoms with Gasteiger partial charge in [0.1, 0.15) is 23.2 Å². The summed E-state index contributed by atoms with van der Waals surface area (Å²) in [6.45, 7) is 5.10. The highest BCUT2D eigenvalue weighted by Gasteiger charge is 2.13. The van der Waals surface area contributed by atoms with Crippen molar-refractivity contribution in [2.45, 2.75) is 58.8 Å². The van der Waals surface area contributed by atoms with Gasteiger partial charge in [0, 0.05) is 11.1 Å². The second kappa shape index (κ2) is 11.9. The maximum absolute atomic E-state index is 9.67. The Morgan fingerprint density at radius 1 is 0.875 bits per heavy atom. The molecule has 1 aromatic heterocycles. The van der Waals surface area contributed by atoms with Crippen molar-refractivity contribution in [3.05, 3.63) is 65.7 Å². The lowest BCUT2D eigenvalue weighted by molar-refractivity contribution is 0.304. The molecule has 0 aliphatic carbocycles. The maximum atomic E-state index is 9.67. The summed E-state index contributed by atoms with van der Waals surface area (Å²) in [6, 6.07) is 20.3. The maximum Gasteiger partial charge on any atom is 0.142 e. The molecule has 0 saturated heterocycles. The molecular formula is C28H33N3O. The smallest absolute Gasteiger partial charge is 0.142 e. The Hall–Kier alpha value is -3.32. The Balaban J connectivity index is 1.73. The summed E-state index contributed by atoms with van der Waals surface area (Å²) in [7, 11) is 0. The number of nitrogens with two attached hydrogens (primary N) is 1. The summed E-state index contributed by atoms with van der Waals surface area (Å²) in [5.74, 6) is 1.10. The summed E-state index contributed by atoms with van der Waals surface area (Å²) in [5.41, 5.74) is 11.3. The van der Waals surface area contributed by atoms with Crippen LogP contribution in [0.4, 0.5) is 5.82 Å². The molecule has 4 heteroatoms. The molecule has 3 rings (SSSR count). The van der Waals surface area contributed by atoms with Gasteiger partial charge in [-0.1, -0.05) is 82.3 Å². The normalized spacial score (nSPS) is 10.7. The number of aromatic nitrogens is 1. The van der Waals surface area contributed by atoms with E-state index in [0.29, 0.717) is 5.56 Å². The Morgan fingerprint density at radius 2 is 1.53 bits per heavy atom. The van der Waals surface area contributed by atoms with Crippen molar-refractivity contribution in [3.8, 4) is 34.2 Å². The van der Waals surface area contributed by atoms with E-state index in [9.17, 15) is 5.26 Å². The minimum Gasteiger partial charge on any atom is -0.494 e. The summed E-state index contributed by atoms with van der Waals surface area (Å²) >= 11 is 0. The zero-order chi connectivity index (χ0) is 22.8. The lowest BCUT2D eigenvalue weighted by Crippen LogP contribution is -2.00. The first kappa shape index (κ1) is 23.3. The SMILES string of the molecule is CCCCCCCCOc1ccc(-c2cc(-c3ccc(CC)cc3)nc(N)c2C#N)cc1. The van der Waals surface area contributed by atoms with Crippen LogP contribution in [0.25, 0.3) is 22.4 Å². The number of rotatable bonds is 11. The second-order valence-electron chi connectivity index (χ2n) is 8.12. The number of aryl methyl sites for hydroxylation is 1. The van der Waals surface area contributed by atoms with Gasteiger partial charge in [0.25, 0.3) is 0 Å². The number of hydrogen-bond donors (Lipinski definition) is 1. The monoisotopic (exact) mass is 427 g/mol. The number of nitrogen functional groups attached to an aromatic ring is 1. The van der Waals surface area contributed by atoms with Gasteiger partial charge in [-0.2, -0.15) is 5.26 Å². The average Bonchev–Trinajstić information content (AvgIpc) is 2.83. The van der Waals surface area contributed by atoms with Crippen LogP contribution in [-0.4, -0.2) is 11.6 Å². The second-order valence-corrected chi connectivity index (χ2v) is 8.12. The molecule has 0 fully saturated rings. The van der Waals surface area contributed by atoms with Crippen molar-refractivity contribution in [2.24, 2.45) is 0 Å². The van der Waals surface area contributed by atoms with Gasteiger partial charge in [-0.15, -0.1) is 0 Å². The van der Waals surface area contributed by atoms with Crippen LogP contribution >= 0.6 is 0 Å². The number of hydrogen-bond acceptors (Lipinski definition) is 4. The minimum atomic E-state index is 0.253. The molecule has 0 amide bonds. The Bertz CT molecular complexity index is 1030. The third-order valence-corrected chi connectivity index (χ3v) is 5.75. The van der Waals surface area contributed by atoms with Crippen LogP contribution in [0.5, 0.6) is 5.75 Å². The topological polar surface area (TPSA) is 71.9 Å². The molecule has 0 spiro atoms. The Labute approximate surface area is 192 Å². The number of ether oxygens (including phenoxy) is 1. The standard InChI is InChI=1S/C28H33N3O/c1-3-5-6-7-8-9-18-32-24-16-14-22(15-17-24)25-19-27(31-28(30)26(25)20-29)23-12-10-21(4-2)11-13-23/h10-17,19H,3-9,18H2,1-2H3,(H2,30,31). The molecule has 0 saturated carbocycles. The summed E-state index contributed by atoms with van der Waals surface area (Å²) in [4.78, 5) is 4.48. The molecule has 0 bridgehead atoms. The first-order valence-electron chi connectivity index (χ1n) is 11.7. The molecular weight excluding hydrogens is 394 g/mol. The molecule has 0 unspecified atom stereocenters. The largest absolute Gasteiger partial charge is 0.494 e. The van der Waals surface area contributed by atoms with E-state index in [4.69, 9.17) is 10.5 Å². The molecule has 0 aliphatic heterocycles. The molecule has 2 N–H and O–H groups in total. The number of nitriles is 1. The fourth-order valence-corrected chi connectivity index (χ4v) is 3.77. The third-order valence-electron chi connectivity index (χ3n) is 5.75. The summed E-state index contributed by atoms with van der Waals surface area (Å²) in [5, 5.41) is 9.67. The highest BCUT2D eigenvalue weighted by Crippen LogP contribution is 2.32. The third kappa shape index (κ3) is 6.11. The highest BCUT2D eigenvalue weighted by atomic mass is 16.5. The average molecular weight is 428 g/mol. The van der Waals surface area contributed by atoms with E-state index >= 15 is 0 Å². The van der Waals surface area contributed by atoms with Gasteiger partial charge in [0.15, 0.2) is 0 Å². The Kier molecular flexibility index (Phi) is 8.69. The van der Waals surface area contributed by atoms with E-state index in [1.807, 2.05) is 30.3 Å². The Morgan fingerprint density at radius 3 is 2.19 bits per heavy atom. The van der Waals surface area contributed by atoms with Gasteiger partial charge in [0.05, 0.1) is 12.3 Å². The van der Waals surface area contributed by atoms with Crippen molar-refractivity contribution in [3.63, 3.8) is 0 Å². The quantitative estimate of drug-likeness (QED) is 0.329. The lowest BCUT2D eigenvalue weighted by Gasteiger charge is -2.12. The van der Waals surface area contributed by atoms with Gasteiger partial charge in [-0.3, -0.25) is 0 Å². The van der Waals surface area contributed by atoms with E-state index < -0.39 is 0 Å². The fourth-order valence-electron chi connectivity index (χ4n) is 3.77. The van der Waals surface area contributed by atoms with Crippen LogP contribution in [0.1, 0.15) is 63.5 Å². The highest BCUT2D eigenvalue weighted by molar-refractivity contribution is 5.80. The molecule has 4 nitrogen and oxygen atoms in total. The van der Waals surface area contributed by atoms with Crippen molar-refractivity contribution in [1.29, 1.82) is 5.26 Å². The zero-order valence-electron chi connectivity index (χ0n) is 19.2. The van der Waals surface area contributed by atoms with E-state index in [0.717, 1.165) is 47.6 Å². The molecule has 2 aromatic carbocycles. The van der Waals surface area contributed by atoms with E-state index in [-0.39, 0.29) is 5.82 Å². The number of unbranched alkanes of at least 4 members (excludes halogenated alkanes) is 5. The van der Waals surface area contributed by atoms with E-state index in [2.05, 4.69) is 49.2 Å². The lowest BCUT2D eigenvalue weighted by atomic mass is 9.98. The van der Waals surface area contributed by atoms with Crippen LogP contribution in [0.2, 0.25) is 0 Å². The fraction of sp³-hybridized carbons (Fsp3) is 0.357. The van der Waals surface area contributed by atoms with Crippen molar-refractivity contribution < 1.29 is 4.74 Å². The first-order valence-corrected chi connectivity index (χ1v) is 11.7. The van der Waals surface area contributed by atoms with Crippen LogP contribution < -0.4 is 10.5 Å². The number of benzene rings is 2. The van der Waals surface area contributed by atoms with Crippen molar-refractivity contribution >= 4 is 5.82 Å². The van der Waals surface area contributed by atoms with Gasteiger partial charge in [0.2, 0.25) is 0 Å².